The van der Waals surface area contributed by atoms with Crippen LogP contribution in [0.4, 0.5) is 5.82 Å². The number of anilines is 1. The lowest BCUT2D eigenvalue weighted by Gasteiger charge is -2.19. The lowest BCUT2D eigenvalue weighted by molar-refractivity contribution is 0.437. The van der Waals surface area contributed by atoms with Gasteiger partial charge in [0.1, 0.15) is 17.7 Å². The zero-order chi connectivity index (χ0) is 11.2. The van der Waals surface area contributed by atoms with Crippen molar-refractivity contribution in [1.29, 1.82) is 0 Å². The summed E-state index contributed by atoms with van der Waals surface area (Å²) in [5, 5.41) is 0. The molecule has 1 fully saturated rings. The van der Waals surface area contributed by atoms with Crippen LogP contribution in [0.1, 0.15) is 31.5 Å². The normalized spacial score (nSPS) is 19.3. The van der Waals surface area contributed by atoms with Crippen LogP contribution in [0.5, 0.6) is 0 Å². The van der Waals surface area contributed by atoms with Gasteiger partial charge in [0, 0.05) is 0 Å². The van der Waals surface area contributed by atoms with Crippen molar-refractivity contribution in [2.45, 2.75) is 31.2 Å². The van der Waals surface area contributed by atoms with Crippen molar-refractivity contribution in [3.8, 4) is 0 Å². The Morgan fingerprint density at radius 1 is 1.25 bits per heavy atom. The number of nitrogens with two attached hydrogens (primary N) is 2. The summed E-state index contributed by atoms with van der Waals surface area (Å²) in [6.07, 6.45) is 5.63. The predicted octanol–water partition coefficient (Wildman–Crippen LogP) is 0.663. The average molecular weight is 218 g/mol. The van der Waals surface area contributed by atoms with Crippen LogP contribution in [0.2, 0.25) is 0 Å². The SMILES string of the molecule is Nc1ncnc2nc(C3(N)CCCC3)[nH]c12. The molecule has 2 heterocycles. The van der Waals surface area contributed by atoms with Gasteiger partial charge >= 0.3 is 0 Å². The topological polar surface area (TPSA) is 106 Å². The van der Waals surface area contributed by atoms with Crippen molar-refractivity contribution in [3.05, 3.63) is 12.2 Å². The number of nitrogen functional groups attached to an aromatic ring is 1. The molecular weight excluding hydrogens is 204 g/mol. The van der Waals surface area contributed by atoms with Gasteiger partial charge in [-0.25, -0.2) is 15.0 Å². The Labute approximate surface area is 92.5 Å². The third kappa shape index (κ3) is 1.26. The molecular formula is C10H14N6. The highest BCUT2D eigenvalue weighted by atomic mass is 15.1. The number of hydrogen-bond donors (Lipinski definition) is 3. The second-order valence-corrected chi connectivity index (χ2v) is 4.41. The predicted molar refractivity (Wildman–Crippen MR) is 60.4 cm³/mol. The molecule has 5 N–H and O–H groups in total. The van der Waals surface area contributed by atoms with E-state index in [4.69, 9.17) is 11.5 Å². The lowest BCUT2D eigenvalue weighted by Crippen LogP contribution is -2.34. The van der Waals surface area contributed by atoms with Crippen molar-refractivity contribution in [2.75, 3.05) is 5.73 Å². The summed E-state index contributed by atoms with van der Waals surface area (Å²) >= 11 is 0. The van der Waals surface area contributed by atoms with E-state index in [1.165, 1.54) is 6.33 Å². The van der Waals surface area contributed by atoms with E-state index < -0.39 is 0 Å². The molecule has 16 heavy (non-hydrogen) atoms. The van der Waals surface area contributed by atoms with Gasteiger partial charge in [0.25, 0.3) is 0 Å². The molecule has 1 aliphatic rings. The smallest absolute Gasteiger partial charge is 0.183 e. The van der Waals surface area contributed by atoms with E-state index in [-0.39, 0.29) is 5.54 Å². The Morgan fingerprint density at radius 2 is 2.00 bits per heavy atom. The van der Waals surface area contributed by atoms with Gasteiger partial charge in [-0.3, -0.25) is 0 Å². The number of hydrogen-bond acceptors (Lipinski definition) is 5. The molecule has 2 aromatic rings. The van der Waals surface area contributed by atoms with Gasteiger partial charge in [-0.1, -0.05) is 12.8 Å². The zero-order valence-electron chi connectivity index (χ0n) is 8.90. The van der Waals surface area contributed by atoms with Crippen LogP contribution in [0, 0.1) is 0 Å². The van der Waals surface area contributed by atoms with Crippen LogP contribution in [-0.2, 0) is 5.54 Å². The molecule has 0 radical (unpaired) electrons. The van der Waals surface area contributed by atoms with Crippen molar-refractivity contribution in [3.63, 3.8) is 0 Å². The zero-order valence-corrected chi connectivity index (χ0v) is 8.90. The fraction of sp³-hybridized carbons (Fsp3) is 0.500. The maximum absolute atomic E-state index is 6.31. The Hall–Kier alpha value is -1.69. The van der Waals surface area contributed by atoms with Gasteiger partial charge in [0.05, 0.1) is 5.54 Å². The molecule has 0 bridgehead atoms. The summed E-state index contributed by atoms with van der Waals surface area (Å²) in [6.45, 7) is 0. The summed E-state index contributed by atoms with van der Waals surface area (Å²) in [5.41, 5.74) is 13.0. The van der Waals surface area contributed by atoms with E-state index >= 15 is 0 Å². The summed E-state index contributed by atoms with van der Waals surface area (Å²) < 4.78 is 0. The molecule has 0 aliphatic heterocycles. The van der Waals surface area contributed by atoms with E-state index in [9.17, 15) is 0 Å². The van der Waals surface area contributed by atoms with Crippen molar-refractivity contribution in [1.82, 2.24) is 19.9 Å². The molecule has 84 valence electrons. The van der Waals surface area contributed by atoms with E-state index in [1.807, 2.05) is 0 Å². The number of nitrogens with zero attached hydrogens (tertiary/aromatic N) is 3. The molecule has 0 atom stereocenters. The Kier molecular flexibility index (Phi) is 1.88. The number of fused-ring (bicyclic) bond motifs is 1. The fourth-order valence-electron chi connectivity index (χ4n) is 2.32. The molecule has 6 heteroatoms. The number of H-pyrrole nitrogens is 1. The maximum Gasteiger partial charge on any atom is 0.183 e. The molecule has 0 unspecified atom stereocenters. The minimum Gasteiger partial charge on any atom is -0.382 e. The first-order valence-electron chi connectivity index (χ1n) is 5.45. The first kappa shape index (κ1) is 9.53. The Morgan fingerprint density at radius 3 is 2.69 bits per heavy atom. The Balaban J connectivity index is 2.15. The van der Waals surface area contributed by atoms with Crippen LogP contribution in [0.3, 0.4) is 0 Å². The minimum absolute atomic E-state index is 0.340. The van der Waals surface area contributed by atoms with Gasteiger partial charge in [-0.05, 0) is 12.8 Å². The van der Waals surface area contributed by atoms with Crippen LogP contribution in [0.25, 0.3) is 11.2 Å². The highest BCUT2D eigenvalue weighted by Crippen LogP contribution is 2.35. The first-order valence-corrected chi connectivity index (χ1v) is 5.45. The van der Waals surface area contributed by atoms with E-state index in [1.54, 1.807) is 0 Å². The van der Waals surface area contributed by atoms with Crippen molar-refractivity contribution < 1.29 is 0 Å². The van der Waals surface area contributed by atoms with Crippen molar-refractivity contribution >= 4 is 17.0 Å². The highest BCUT2D eigenvalue weighted by Gasteiger charge is 2.34. The Bertz CT molecular complexity index is 525. The molecule has 1 aliphatic carbocycles. The van der Waals surface area contributed by atoms with Crippen LogP contribution < -0.4 is 11.5 Å². The molecule has 0 spiro atoms. The molecule has 3 rings (SSSR count). The lowest BCUT2D eigenvalue weighted by atomic mass is 9.99. The van der Waals surface area contributed by atoms with E-state index in [0.717, 1.165) is 31.5 Å². The molecule has 0 aromatic carbocycles. The number of aromatic nitrogens is 4. The van der Waals surface area contributed by atoms with Gasteiger partial charge in [-0.15, -0.1) is 0 Å². The maximum atomic E-state index is 6.31. The standard InChI is InChI=1S/C10H14N6/c11-7-6-8(14-5-13-7)16-9(15-6)10(12)3-1-2-4-10/h5H,1-4,12H2,(H3,11,13,14,15,16). The quantitative estimate of drug-likeness (QED) is 0.652. The second kappa shape index (κ2) is 3.15. The highest BCUT2D eigenvalue weighted by molar-refractivity contribution is 5.81. The number of imidazole rings is 1. The van der Waals surface area contributed by atoms with Crippen LogP contribution in [0.15, 0.2) is 6.33 Å². The van der Waals surface area contributed by atoms with Crippen molar-refractivity contribution in [2.24, 2.45) is 5.73 Å². The number of rotatable bonds is 1. The molecule has 6 nitrogen and oxygen atoms in total. The van der Waals surface area contributed by atoms with E-state index in [0.29, 0.717) is 17.0 Å². The van der Waals surface area contributed by atoms with Gasteiger partial charge in [0.2, 0.25) is 0 Å². The first-order chi connectivity index (χ1) is 7.69. The fourth-order valence-corrected chi connectivity index (χ4v) is 2.32. The summed E-state index contributed by atoms with van der Waals surface area (Å²) in [4.78, 5) is 15.6. The largest absolute Gasteiger partial charge is 0.382 e. The monoisotopic (exact) mass is 218 g/mol. The molecule has 0 saturated heterocycles. The van der Waals surface area contributed by atoms with Crippen LogP contribution >= 0.6 is 0 Å². The third-order valence-electron chi connectivity index (χ3n) is 3.29. The summed E-state index contributed by atoms with van der Waals surface area (Å²) in [7, 11) is 0. The number of nitrogens with one attached hydrogen (secondary N) is 1. The third-order valence-corrected chi connectivity index (χ3v) is 3.29. The minimum atomic E-state index is -0.340. The van der Waals surface area contributed by atoms with Gasteiger partial charge < -0.3 is 16.5 Å². The van der Waals surface area contributed by atoms with Crippen LogP contribution in [-0.4, -0.2) is 19.9 Å². The summed E-state index contributed by atoms with van der Waals surface area (Å²) in [5.74, 6) is 1.21. The molecule has 0 amide bonds. The van der Waals surface area contributed by atoms with E-state index in [2.05, 4.69) is 19.9 Å². The summed E-state index contributed by atoms with van der Waals surface area (Å²) in [6, 6.07) is 0. The molecule has 2 aromatic heterocycles. The van der Waals surface area contributed by atoms with Gasteiger partial charge in [0.15, 0.2) is 11.5 Å². The number of aromatic amines is 1. The van der Waals surface area contributed by atoms with Gasteiger partial charge in [-0.2, -0.15) is 0 Å². The molecule has 1 saturated carbocycles. The average Bonchev–Trinajstić information content (AvgIpc) is 2.85. The second-order valence-electron chi connectivity index (χ2n) is 4.41.